The van der Waals surface area contributed by atoms with Crippen LogP contribution in [0.1, 0.15) is 78.4 Å². The maximum Gasteiger partial charge on any atom is 0.118 e. The number of benzene rings is 1. The van der Waals surface area contributed by atoms with Gasteiger partial charge in [-0.3, -0.25) is 0 Å². The Kier molecular flexibility index (Phi) is 5.73. The van der Waals surface area contributed by atoms with E-state index in [9.17, 15) is 5.11 Å². The van der Waals surface area contributed by atoms with Crippen molar-refractivity contribution >= 4 is 11.4 Å². The molecule has 0 aliphatic heterocycles. The van der Waals surface area contributed by atoms with Gasteiger partial charge in [0.15, 0.2) is 0 Å². The van der Waals surface area contributed by atoms with E-state index in [0.29, 0.717) is 11.8 Å². The standard InChI is InChI=1S/C23H33NO/c1-14(2)17-10-9-11-18(15(3)4)21(17)24-20-13-16(5)12-19(22(20)25)23(6,7)8/h9-15,22,25H,1-8H3. The first-order valence-electron chi connectivity index (χ1n) is 9.32. The van der Waals surface area contributed by atoms with Gasteiger partial charge in [-0.1, -0.05) is 72.7 Å². The fourth-order valence-electron chi connectivity index (χ4n) is 3.33. The Morgan fingerprint density at radius 1 is 0.960 bits per heavy atom. The van der Waals surface area contributed by atoms with Crippen LogP contribution in [0.4, 0.5) is 5.69 Å². The molecule has 0 fully saturated rings. The molecule has 0 saturated heterocycles. The summed E-state index contributed by atoms with van der Waals surface area (Å²) in [4.78, 5) is 5.01. The minimum absolute atomic E-state index is 0.0891. The van der Waals surface area contributed by atoms with E-state index in [-0.39, 0.29) is 5.41 Å². The Bertz CT molecular complexity index is 701. The average molecular weight is 340 g/mol. The first-order chi connectivity index (χ1) is 11.5. The van der Waals surface area contributed by atoms with Crippen molar-refractivity contribution in [2.75, 3.05) is 0 Å². The summed E-state index contributed by atoms with van der Waals surface area (Å²) in [6.45, 7) is 17.3. The van der Waals surface area contributed by atoms with E-state index < -0.39 is 6.10 Å². The van der Waals surface area contributed by atoms with Crippen LogP contribution in [-0.2, 0) is 0 Å². The Morgan fingerprint density at radius 3 is 1.92 bits per heavy atom. The molecule has 0 radical (unpaired) electrons. The molecule has 1 aliphatic carbocycles. The number of aliphatic hydroxyl groups is 1. The summed E-state index contributed by atoms with van der Waals surface area (Å²) in [6.07, 6.45) is 3.46. The van der Waals surface area contributed by atoms with Crippen LogP contribution in [0.25, 0.3) is 0 Å². The molecule has 1 unspecified atom stereocenters. The SMILES string of the molecule is CC1=CC(=Nc2c(C(C)C)cccc2C(C)C)C(O)C(C(C)(C)C)=C1. The molecule has 0 saturated carbocycles. The topological polar surface area (TPSA) is 32.6 Å². The van der Waals surface area contributed by atoms with Gasteiger partial charge in [-0.05, 0) is 52.5 Å². The molecule has 2 heteroatoms. The molecule has 0 bridgehead atoms. The van der Waals surface area contributed by atoms with E-state index in [4.69, 9.17) is 4.99 Å². The average Bonchev–Trinajstić information content (AvgIpc) is 2.49. The van der Waals surface area contributed by atoms with Crippen molar-refractivity contribution in [2.45, 2.75) is 73.3 Å². The van der Waals surface area contributed by atoms with E-state index in [2.05, 4.69) is 79.7 Å². The summed E-state index contributed by atoms with van der Waals surface area (Å²) in [6, 6.07) is 6.43. The highest BCUT2D eigenvalue weighted by atomic mass is 16.3. The predicted octanol–water partition coefficient (Wildman–Crippen LogP) is 6.30. The summed E-state index contributed by atoms with van der Waals surface area (Å²) in [5, 5.41) is 11.0. The maximum atomic E-state index is 11.0. The van der Waals surface area contributed by atoms with E-state index in [0.717, 1.165) is 22.5 Å². The number of aliphatic hydroxyl groups excluding tert-OH is 1. The van der Waals surface area contributed by atoms with Crippen molar-refractivity contribution in [1.82, 2.24) is 0 Å². The van der Waals surface area contributed by atoms with Gasteiger partial charge in [-0.2, -0.15) is 0 Å². The van der Waals surface area contributed by atoms with Gasteiger partial charge in [0.05, 0.1) is 11.4 Å². The largest absolute Gasteiger partial charge is 0.382 e. The normalized spacial score (nSPS) is 20.3. The zero-order valence-electron chi connectivity index (χ0n) is 17.0. The zero-order valence-corrected chi connectivity index (χ0v) is 17.0. The van der Waals surface area contributed by atoms with Crippen molar-refractivity contribution in [3.8, 4) is 0 Å². The lowest BCUT2D eigenvalue weighted by Crippen LogP contribution is -2.31. The molecule has 2 rings (SSSR count). The van der Waals surface area contributed by atoms with Crippen LogP contribution in [0.3, 0.4) is 0 Å². The molecule has 2 nitrogen and oxygen atoms in total. The molecule has 1 atom stereocenters. The van der Waals surface area contributed by atoms with Gasteiger partial charge in [-0.25, -0.2) is 4.99 Å². The van der Waals surface area contributed by atoms with Crippen LogP contribution in [-0.4, -0.2) is 16.9 Å². The molecule has 1 aliphatic rings. The van der Waals surface area contributed by atoms with Crippen LogP contribution in [0.5, 0.6) is 0 Å². The van der Waals surface area contributed by atoms with Crippen LogP contribution < -0.4 is 0 Å². The number of hydrogen-bond donors (Lipinski definition) is 1. The summed E-state index contributed by atoms with van der Waals surface area (Å²) >= 11 is 0. The van der Waals surface area contributed by atoms with Gasteiger partial charge in [0.25, 0.3) is 0 Å². The fraction of sp³-hybridized carbons (Fsp3) is 0.522. The third kappa shape index (κ3) is 4.30. The Morgan fingerprint density at radius 2 is 1.48 bits per heavy atom. The van der Waals surface area contributed by atoms with Crippen LogP contribution in [0, 0.1) is 5.41 Å². The second-order valence-electron chi connectivity index (χ2n) is 8.77. The first-order valence-corrected chi connectivity index (χ1v) is 9.32. The van der Waals surface area contributed by atoms with E-state index in [1.807, 2.05) is 6.08 Å². The minimum atomic E-state index is -0.649. The third-order valence-electron chi connectivity index (χ3n) is 4.78. The molecule has 136 valence electrons. The number of hydrogen-bond acceptors (Lipinski definition) is 2. The van der Waals surface area contributed by atoms with Crippen molar-refractivity contribution < 1.29 is 5.11 Å². The molecule has 0 spiro atoms. The van der Waals surface area contributed by atoms with Gasteiger partial charge in [0, 0.05) is 0 Å². The van der Waals surface area contributed by atoms with Crippen LogP contribution >= 0.6 is 0 Å². The predicted molar refractivity (Wildman–Crippen MR) is 109 cm³/mol. The summed E-state index contributed by atoms with van der Waals surface area (Å²) in [7, 11) is 0. The third-order valence-corrected chi connectivity index (χ3v) is 4.78. The fourth-order valence-corrected chi connectivity index (χ4v) is 3.33. The van der Waals surface area contributed by atoms with Crippen molar-refractivity contribution in [3.05, 3.63) is 52.6 Å². The number of rotatable bonds is 3. The van der Waals surface area contributed by atoms with Gasteiger partial charge in [0.2, 0.25) is 0 Å². The second-order valence-corrected chi connectivity index (χ2v) is 8.77. The number of para-hydroxylation sites is 1. The molecular formula is C23H33NO. The lowest BCUT2D eigenvalue weighted by atomic mass is 9.78. The highest BCUT2D eigenvalue weighted by molar-refractivity contribution is 6.04. The molecule has 1 aromatic rings. The summed E-state index contributed by atoms with van der Waals surface area (Å²) in [5.74, 6) is 0.781. The van der Waals surface area contributed by atoms with Crippen molar-refractivity contribution in [1.29, 1.82) is 0 Å². The maximum absolute atomic E-state index is 11.0. The second kappa shape index (κ2) is 7.29. The molecular weight excluding hydrogens is 306 g/mol. The number of nitrogens with zero attached hydrogens (tertiary/aromatic N) is 1. The molecule has 1 N–H and O–H groups in total. The zero-order chi connectivity index (χ0) is 18.9. The van der Waals surface area contributed by atoms with Gasteiger partial charge in [0.1, 0.15) is 6.10 Å². The van der Waals surface area contributed by atoms with E-state index in [1.165, 1.54) is 11.1 Å². The summed E-state index contributed by atoms with van der Waals surface area (Å²) < 4.78 is 0. The number of allylic oxidation sites excluding steroid dienone is 2. The molecule has 0 amide bonds. The monoisotopic (exact) mass is 339 g/mol. The number of aliphatic imine (C=N–C) groups is 1. The highest BCUT2D eigenvalue weighted by Crippen LogP contribution is 2.37. The van der Waals surface area contributed by atoms with E-state index in [1.54, 1.807) is 0 Å². The minimum Gasteiger partial charge on any atom is -0.382 e. The van der Waals surface area contributed by atoms with Gasteiger partial charge in [-0.15, -0.1) is 0 Å². The summed E-state index contributed by atoms with van der Waals surface area (Å²) in [5.41, 5.74) is 6.34. The van der Waals surface area contributed by atoms with E-state index >= 15 is 0 Å². The first kappa shape index (κ1) is 19.7. The molecule has 1 aromatic carbocycles. The molecule has 0 heterocycles. The Labute approximate surface area is 153 Å². The Hall–Kier alpha value is -1.67. The highest BCUT2D eigenvalue weighted by Gasteiger charge is 2.29. The lowest BCUT2D eigenvalue weighted by molar-refractivity contribution is 0.245. The smallest absolute Gasteiger partial charge is 0.118 e. The lowest BCUT2D eigenvalue weighted by Gasteiger charge is -2.30. The molecule has 25 heavy (non-hydrogen) atoms. The molecule has 0 aromatic heterocycles. The van der Waals surface area contributed by atoms with Crippen molar-refractivity contribution in [3.63, 3.8) is 0 Å². The quantitative estimate of drug-likeness (QED) is 0.688. The van der Waals surface area contributed by atoms with Crippen LogP contribution in [0.15, 0.2) is 46.5 Å². The van der Waals surface area contributed by atoms with Gasteiger partial charge >= 0.3 is 0 Å². The van der Waals surface area contributed by atoms with Gasteiger partial charge < -0.3 is 5.11 Å². The Balaban J connectivity index is 2.63. The van der Waals surface area contributed by atoms with Crippen LogP contribution in [0.2, 0.25) is 0 Å². The van der Waals surface area contributed by atoms with Crippen molar-refractivity contribution in [2.24, 2.45) is 10.4 Å².